The van der Waals surface area contributed by atoms with Gasteiger partial charge in [0, 0.05) is 24.4 Å². The van der Waals surface area contributed by atoms with Gasteiger partial charge in [0.15, 0.2) is 0 Å². The topological polar surface area (TPSA) is 30.3 Å². The zero-order valence-electron chi connectivity index (χ0n) is 12.7. The Morgan fingerprint density at radius 2 is 2.10 bits per heavy atom. The van der Waals surface area contributed by atoms with Crippen molar-refractivity contribution in [2.24, 2.45) is 0 Å². The smallest absolute Gasteiger partial charge is 0.121 e. The van der Waals surface area contributed by atoms with Crippen molar-refractivity contribution in [3.63, 3.8) is 0 Å². The van der Waals surface area contributed by atoms with Crippen LogP contribution in [0.5, 0.6) is 5.75 Å². The molecule has 0 spiro atoms. The first kappa shape index (κ1) is 14.7. The highest BCUT2D eigenvalue weighted by Gasteiger charge is 2.23. The van der Waals surface area contributed by atoms with E-state index >= 15 is 0 Å². The molecule has 0 atom stereocenters. The Morgan fingerprint density at radius 1 is 1.33 bits per heavy atom. The van der Waals surface area contributed by atoms with E-state index in [0.29, 0.717) is 11.9 Å². The molecule has 0 N–H and O–H groups in total. The molecule has 2 aromatic rings. The second kappa shape index (κ2) is 6.24. The van der Waals surface area contributed by atoms with E-state index in [1.54, 1.807) is 7.11 Å². The first-order valence-corrected chi connectivity index (χ1v) is 8.05. The van der Waals surface area contributed by atoms with Gasteiger partial charge in [-0.15, -0.1) is 11.6 Å². The number of nitrogens with zero attached hydrogens (tertiary/aromatic N) is 3. The molecule has 0 amide bonds. The van der Waals surface area contributed by atoms with Crippen molar-refractivity contribution in [2.45, 2.75) is 25.3 Å². The van der Waals surface area contributed by atoms with Crippen LogP contribution in [0.25, 0.3) is 11.0 Å². The van der Waals surface area contributed by atoms with Crippen LogP contribution in [0.1, 0.15) is 24.7 Å². The zero-order valence-corrected chi connectivity index (χ0v) is 13.4. The Hall–Kier alpha value is -1.26. The molecule has 3 rings (SSSR count). The van der Waals surface area contributed by atoms with Gasteiger partial charge in [0.2, 0.25) is 0 Å². The number of benzene rings is 1. The van der Waals surface area contributed by atoms with Crippen LogP contribution in [-0.2, 0) is 6.42 Å². The summed E-state index contributed by atoms with van der Waals surface area (Å²) in [6.45, 7) is 2.28. The van der Waals surface area contributed by atoms with Crippen LogP contribution in [0.4, 0.5) is 0 Å². The Labute approximate surface area is 130 Å². The molecule has 21 heavy (non-hydrogen) atoms. The Bertz CT molecular complexity index is 617. The summed E-state index contributed by atoms with van der Waals surface area (Å²) < 4.78 is 7.72. The van der Waals surface area contributed by atoms with Gasteiger partial charge in [0.25, 0.3) is 0 Å². The molecule has 0 saturated carbocycles. The first-order chi connectivity index (χ1) is 10.2. The summed E-state index contributed by atoms with van der Waals surface area (Å²) in [5.74, 6) is 2.56. The van der Waals surface area contributed by atoms with Crippen molar-refractivity contribution in [2.75, 3.05) is 33.1 Å². The number of alkyl halides is 1. The molecule has 4 nitrogen and oxygen atoms in total. The molecular formula is C16H22ClN3O. The molecule has 0 unspecified atom stereocenters. The van der Waals surface area contributed by atoms with E-state index in [-0.39, 0.29) is 0 Å². The third-order valence-electron chi connectivity index (χ3n) is 4.34. The van der Waals surface area contributed by atoms with Crippen LogP contribution < -0.4 is 4.74 Å². The maximum atomic E-state index is 5.97. The van der Waals surface area contributed by atoms with Gasteiger partial charge < -0.3 is 14.2 Å². The number of ether oxygens (including phenoxy) is 1. The number of rotatable bonds is 4. The van der Waals surface area contributed by atoms with E-state index in [4.69, 9.17) is 21.3 Å². The number of hydrogen-bond donors (Lipinski definition) is 0. The van der Waals surface area contributed by atoms with E-state index in [0.717, 1.165) is 36.6 Å². The molecule has 1 aromatic carbocycles. The molecule has 1 fully saturated rings. The third-order valence-corrected chi connectivity index (χ3v) is 4.53. The van der Waals surface area contributed by atoms with Gasteiger partial charge in [-0.1, -0.05) is 0 Å². The van der Waals surface area contributed by atoms with Crippen LogP contribution in [0.3, 0.4) is 0 Å². The molecule has 1 aromatic heterocycles. The molecule has 5 heteroatoms. The summed E-state index contributed by atoms with van der Waals surface area (Å²) >= 11 is 5.97. The minimum Gasteiger partial charge on any atom is -0.497 e. The summed E-state index contributed by atoms with van der Waals surface area (Å²) in [4.78, 5) is 7.18. The Balaban J connectivity index is 2.03. The quantitative estimate of drug-likeness (QED) is 0.813. The van der Waals surface area contributed by atoms with Crippen LogP contribution in [0.2, 0.25) is 0 Å². The second-order valence-electron chi connectivity index (χ2n) is 5.73. The summed E-state index contributed by atoms with van der Waals surface area (Å²) in [5, 5.41) is 0. The number of likely N-dealkylation sites (tertiary alicyclic amines) is 1. The largest absolute Gasteiger partial charge is 0.497 e. The highest BCUT2D eigenvalue weighted by atomic mass is 35.5. The van der Waals surface area contributed by atoms with Crippen molar-refractivity contribution in [3.8, 4) is 5.75 Å². The first-order valence-electron chi connectivity index (χ1n) is 7.52. The number of aryl methyl sites for hydroxylation is 1. The second-order valence-corrected chi connectivity index (χ2v) is 6.10. The van der Waals surface area contributed by atoms with Gasteiger partial charge in [-0.05, 0) is 45.1 Å². The van der Waals surface area contributed by atoms with E-state index in [1.807, 2.05) is 12.1 Å². The summed E-state index contributed by atoms with van der Waals surface area (Å²) in [6, 6.07) is 6.67. The van der Waals surface area contributed by atoms with E-state index < -0.39 is 0 Å². The van der Waals surface area contributed by atoms with Gasteiger partial charge in [0.05, 0.1) is 18.1 Å². The minimum absolute atomic E-state index is 0.526. The predicted molar refractivity (Wildman–Crippen MR) is 86.5 cm³/mol. The van der Waals surface area contributed by atoms with Crippen molar-refractivity contribution in [3.05, 3.63) is 24.0 Å². The number of hydrogen-bond acceptors (Lipinski definition) is 3. The average Bonchev–Trinajstić information content (AvgIpc) is 2.85. The Morgan fingerprint density at radius 3 is 2.76 bits per heavy atom. The lowest BCUT2D eigenvalue weighted by Gasteiger charge is -2.31. The highest BCUT2D eigenvalue weighted by molar-refractivity contribution is 6.17. The van der Waals surface area contributed by atoms with Crippen molar-refractivity contribution < 1.29 is 4.74 Å². The van der Waals surface area contributed by atoms with Crippen molar-refractivity contribution in [1.82, 2.24) is 14.5 Å². The maximum Gasteiger partial charge on any atom is 0.121 e. The molecule has 114 valence electrons. The highest BCUT2D eigenvalue weighted by Crippen LogP contribution is 2.30. The van der Waals surface area contributed by atoms with Crippen molar-refractivity contribution in [1.29, 1.82) is 0 Å². The lowest BCUT2D eigenvalue weighted by molar-refractivity contribution is 0.221. The van der Waals surface area contributed by atoms with Gasteiger partial charge in [0.1, 0.15) is 11.6 Å². The standard InChI is InChI=1S/C16H22ClN3O/c1-19-9-6-12(7-10-19)20-15-4-3-13(21-2)11-14(15)18-16(20)5-8-17/h3-4,11-12H,5-10H2,1-2H3. The molecule has 1 saturated heterocycles. The van der Waals surface area contributed by atoms with E-state index in [1.165, 1.54) is 18.4 Å². The fraction of sp³-hybridized carbons (Fsp3) is 0.562. The normalized spacial score (nSPS) is 17.5. The van der Waals surface area contributed by atoms with Crippen LogP contribution in [0, 0.1) is 0 Å². The average molecular weight is 308 g/mol. The fourth-order valence-corrected chi connectivity index (χ4v) is 3.35. The number of methoxy groups -OCH3 is 1. The molecular weight excluding hydrogens is 286 g/mol. The maximum absolute atomic E-state index is 5.97. The van der Waals surface area contributed by atoms with Gasteiger partial charge in [-0.2, -0.15) is 0 Å². The zero-order chi connectivity index (χ0) is 14.8. The predicted octanol–water partition coefficient (Wildman–Crippen LogP) is 3.09. The SMILES string of the molecule is COc1ccc2c(c1)nc(CCCl)n2C1CCN(C)CC1. The van der Waals surface area contributed by atoms with Gasteiger partial charge in [-0.3, -0.25) is 0 Å². The molecule has 0 bridgehead atoms. The summed E-state index contributed by atoms with van der Waals surface area (Å²) in [7, 11) is 3.88. The van der Waals surface area contributed by atoms with Gasteiger partial charge in [-0.25, -0.2) is 4.98 Å². The number of imidazole rings is 1. The Kier molecular flexibility index (Phi) is 4.36. The molecule has 1 aliphatic heterocycles. The van der Waals surface area contributed by atoms with E-state index in [9.17, 15) is 0 Å². The van der Waals surface area contributed by atoms with Gasteiger partial charge >= 0.3 is 0 Å². The molecule has 1 aliphatic rings. The number of aromatic nitrogens is 2. The summed E-state index contributed by atoms with van der Waals surface area (Å²) in [6.07, 6.45) is 3.15. The van der Waals surface area contributed by atoms with E-state index in [2.05, 4.69) is 22.6 Å². The minimum atomic E-state index is 0.526. The lowest BCUT2D eigenvalue weighted by atomic mass is 10.0. The molecule has 2 heterocycles. The summed E-state index contributed by atoms with van der Waals surface area (Å²) in [5.41, 5.74) is 2.21. The fourth-order valence-electron chi connectivity index (χ4n) is 3.18. The lowest BCUT2D eigenvalue weighted by Crippen LogP contribution is -2.32. The van der Waals surface area contributed by atoms with Crippen LogP contribution in [-0.4, -0.2) is 47.6 Å². The number of fused-ring (bicyclic) bond motifs is 1. The molecule has 0 aliphatic carbocycles. The van der Waals surface area contributed by atoms with Crippen LogP contribution >= 0.6 is 11.6 Å². The molecule has 0 radical (unpaired) electrons. The van der Waals surface area contributed by atoms with Crippen LogP contribution in [0.15, 0.2) is 18.2 Å². The van der Waals surface area contributed by atoms with Crippen molar-refractivity contribution >= 4 is 22.6 Å². The monoisotopic (exact) mass is 307 g/mol. The number of piperidine rings is 1. The number of halogens is 1. The third kappa shape index (κ3) is 2.87.